The topological polar surface area (TPSA) is 90.5 Å². The molecule has 31 heavy (non-hydrogen) atoms. The van der Waals surface area contributed by atoms with Crippen molar-refractivity contribution in [3.8, 4) is 0 Å². The highest BCUT2D eigenvalue weighted by Gasteiger charge is 2.27. The summed E-state index contributed by atoms with van der Waals surface area (Å²) in [5, 5.41) is 0. The molecule has 0 saturated carbocycles. The second-order valence-corrected chi connectivity index (χ2v) is 9.83. The Balaban J connectivity index is 2.20. The van der Waals surface area contributed by atoms with Gasteiger partial charge in [0.05, 0.1) is 34.8 Å². The monoisotopic (exact) mass is 448 g/mol. The predicted octanol–water partition coefficient (Wildman–Crippen LogP) is 3.12. The fraction of sp³-hybridized carbons (Fsp3) is 0.409. The summed E-state index contributed by atoms with van der Waals surface area (Å²) in [6.45, 7) is 2.42. The number of halogens is 1. The van der Waals surface area contributed by atoms with Crippen LogP contribution in [0.5, 0.6) is 0 Å². The molecule has 1 aliphatic rings. The number of fused-ring (bicyclic) bond motifs is 1. The standard InChI is InChI=1S/C22H29FN4O3S/c1-15-21(16-6-5-7-19(12-16)31(28,29)26(2)3)22-20(9-8-18(25-22)14-30-4)27(15)13-17(23)10-11-24/h5,7-10,12,16H,6,11,13-14,24H2,1-4H3. The van der Waals surface area contributed by atoms with Gasteiger partial charge in [0.1, 0.15) is 5.83 Å². The van der Waals surface area contributed by atoms with Crippen LogP contribution in [0.3, 0.4) is 0 Å². The second-order valence-electron chi connectivity index (χ2n) is 7.68. The van der Waals surface area contributed by atoms with Crippen LogP contribution in [0.1, 0.15) is 29.3 Å². The molecule has 168 valence electrons. The van der Waals surface area contributed by atoms with Crippen LogP contribution in [-0.2, 0) is 27.9 Å². The van der Waals surface area contributed by atoms with Gasteiger partial charge in [0, 0.05) is 44.9 Å². The van der Waals surface area contributed by atoms with Gasteiger partial charge >= 0.3 is 0 Å². The third-order valence-electron chi connectivity index (χ3n) is 5.40. The molecule has 0 fully saturated rings. The van der Waals surface area contributed by atoms with Crippen LogP contribution in [0.2, 0.25) is 0 Å². The lowest BCUT2D eigenvalue weighted by Gasteiger charge is -2.20. The van der Waals surface area contributed by atoms with Crippen molar-refractivity contribution in [3.05, 3.63) is 64.1 Å². The molecule has 7 nitrogen and oxygen atoms in total. The van der Waals surface area contributed by atoms with E-state index in [4.69, 9.17) is 15.5 Å². The number of ether oxygens (including phenoxy) is 1. The Morgan fingerprint density at radius 3 is 2.81 bits per heavy atom. The number of pyridine rings is 1. The van der Waals surface area contributed by atoms with E-state index >= 15 is 0 Å². The van der Waals surface area contributed by atoms with Gasteiger partial charge in [0.25, 0.3) is 0 Å². The van der Waals surface area contributed by atoms with Gasteiger partial charge in [0.15, 0.2) is 0 Å². The zero-order valence-corrected chi connectivity index (χ0v) is 19.1. The molecule has 0 radical (unpaired) electrons. The minimum absolute atomic E-state index is 0.0416. The Morgan fingerprint density at radius 2 is 2.16 bits per heavy atom. The number of nitrogens with two attached hydrogens (primary N) is 1. The summed E-state index contributed by atoms with van der Waals surface area (Å²) in [6, 6.07) is 3.76. The molecule has 0 aliphatic heterocycles. The summed E-state index contributed by atoms with van der Waals surface area (Å²) in [6.07, 6.45) is 7.23. The normalized spacial score (nSPS) is 17.6. The van der Waals surface area contributed by atoms with Crippen LogP contribution >= 0.6 is 0 Å². The third-order valence-corrected chi connectivity index (χ3v) is 7.23. The molecule has 2 heterocycles. The number of hydrogen-bond donors (Lipinski definition) is 1. The van der Waals surface area contributed by atoms with Crippen molar-refractivity contribution >= 4 is 21.1 Å². The average Bonchev–Trinajstić information content (AvgIpc) is 2.99. The fourth-order valence-corrected chi connectivity index (χ4v) is 4.89. The third kappa shape index (κ3) is 4.64. The van der Waals surface area contributed by atoms with Gasteiger partial charge in [-0.15, -0.1) is 0 Å². The Kier molecular flexibility index (Phi) is 7.10. The van der Waals surface area contributed by atoms with Crippen molar-refractivity contribution in [3.63, 3.8) is 0 Å². The van der Waals surface area contributed by atoms with E-state index in [-0.39, 0.29) is 29.7 Å². The SMILES string of the molecule is COCc1ccc2c(n1)c(C1C=C(S(=O)(=O)N(C)C)C=CC1)c(C)n2CC(F)=CCN. The molecule has 0 bridgehead atoms. The van der Waals surface area contributed by atoms with Crippen molar-refractivity contribution in [1.82, 2.24) is 13.9 Å². The molecule has 1 unspecified atom stereocenters. The Hall–Kier alpha value is -2.33. The van der Waals surface area contributed by atoms with Crippen LogP contribution in [0, 0.1) is 6.92 Å². The van der Waals surface area contributed by atoms with Crippen molar-refractivity contribution in [2.75, 3.05) is 27.7 Å². The first kappa shape index (κ1) is 23.3. The number of methoxy groups -OCH3 is 1. The first-order valence-electron chi connectivity index (χ1n) is 10.0. The first-order valence-corrected chi connectivity index (χ1v) is 11.5. The van der Waals surface area contributed by atoms with Crippen LogP contribution in [0.4, 0.5) is 4.39 Å². The summed E-state index contributed by atoms with van der Waals surface area (Å²) >= 11 is 0. The number of sulfonamides is 1. The molecular weight excluding hydrogens is 419 g/mol. The molecule has 9 heteroatoms. The smallest absolute Gasteiger partial charge is 0.242 e. The number of hydrogen-bond acceptors (Lipinski definition) is 5. The van der Waals surface area contributed by atoms with Crippen LogP contribution in [0.15, 0.2) is 47.2 Å². The van der Waals surface area contributed by atoms with Crippen molar-refractivity contribution in [2.24, 2.45) is 5.73 Å². The molecular formula is C22H29FN4O3S. The highest BCUT2D eigenvalue weighted by atomic mass is 32.2. The van der Waals surface area contributed by atoms with Gasteiger partial charge in [-0.1, -0.05) is 12.2 Å². The molecule has 1 aliphatic carbocycles. The van der Waals surface area contributed by atoms with E-state index < -0.39 is 10.0 Å². The van der Waals surface area contributed by atoms with E-state index in [1.165, 1.54) is 24.5 Å². The Morgan fingerprint density at radius 1 is 1.42 bits per heavy atom. The molecule has 0 saturated heterocycles. The molecule has 0 aromatic carbocycles. The lowest BCUT2D eigenvalue weighted by molar-refractivity contribution is 0.182. The van der Waals surface area contributed by atoms with E-state index in [0.717, 1.165) is 28.0 Å². The van der Waals surface area contributed by atoms with Gasteiger partial charge in [0.2, 0.25) is 10.0 Å². The maximum Gasteiger partial charge on any atom is 0.242 e. The highest BCUT2D eigenvalue weighted by molar-refractivity contribution is 7.93. The van der Waals surface area contributed by atoms with Gasteiger partial charge in [-0.2, -0.15) is 0 Å². The van der Waals surface area contributed by atoms with Crippen LogP contribution in [0.25, 0.3) is 11.0 Å². The zero-order chi connectivity index (χ0) is 22.8. The van der Waals surface area contributed by atoms with Gasteiger partial charge in [-0.05, 0) is 37.6 Å². The minimum Gasteiger partial charge on any atom is -0.378 e. The number of nitrogens with zero attached hydrogens (tertiary/aromatic N) is 3. The zero-order valence-electron chi connectivity index (χ0n) is 18.3. The van der Waals surface area contributed by atoms with E-state index in [1.807, 2.05) is 29.7 Å². The lowest BCUT2D eigenvalue weighted by Crippen LogP contribution is -2.24. The summed E-state index contributed by atoms with van der Waals surface area (Å²) in [4.78, 5) is 5.02. The molecule has 2 N–H and O–H groups in total. The molecule has 1 atom stereocenters. The average molecular weight is 449 g/mol. The van der Waals surface area contributed by atoms with E-state index in [2.05, 4.69) is 0 Å². The number of allylic oxidation sites excluding steroid dienone is 4. The van der Waals surface area contributed by atoms with Crippen molar-refractivity contribution in [1.29, 1.82) is 0 Å². The highest BCUT2D eigenvalue weighted by Crippen LogP contribution is 2.37. The largest absolute Gasteiger partial charge is 0.378 e. The maximum atomic E-state index is 14.4. The first-order chi connectivity index (χ1) is 14.7. The quantitative estimate of drug-likeness (QED) is 0.670. The van der Waals surface area contributed by atoms with Crippen molar-refractivity contribution < 1.29 is 17.5 Å². The second kappa shape index (κ2) is 9.44. The van der Waals surface area contributed by atoms with Crippen molar-refractivity contribution in [2.45, 2.75) is 32.4 Å². The number of aromatic nitrogens is 2. The molecule has 2 aromatic heterocycles. The van der Waals surface area contributed by atoms with Crippen LogP contribution in [-0.4, -0.2) is 50.0 Å². The molecule has 0 spiro atoms. The summed E-state index contributed by atoms with van der Waals surface area (Å²) < 4.78 is 48.0. The minimum atomic E-state index is -3.57. The molecule has 2 aromatic rings. The summed E-state index contributed by atoms with van der Waals surface area (Å²) in [5.74, 6) is -0.532. The Labute approximate surface area is 182 Å². The lowest BCUT2D eigenvalue weighted by atomic mass is 9.91. The maximum absolute atomic E-state index is 14.4. The predicted molar refractivity (Wildman–Crippen MR) is 121 cm³/mol. The Bertz CT molecular complexity index is 1160. The van der Waals surface area contributed by atoms with E-state index in [0.29, 0.717) is 13.0 Å². The van der Waals surface area contributed by atoms with Crippen LogP contribution < -0.4 is 5.73 Å². The van der Waals surface area contributed by atoms with Gasteiger partial charge < -0.3 is 15.0 Å². The fourth-order valence-electron chi connectivity index (χ4n) is 3.86. The summed E-state index contributed by atoms with van der Waals surface area (Å²) in [7, 11) is 1.05. The van der Waals surface area contributed by atoms with E-state index in [1.54, 1.807) is 19.3 Å². The molecule has 3 rings (SSSR count). The van der Waals surface area contributed by atoms with Gasteiger partial charge in [-0.3, -0.25) is 0 Å². The van der Waals surface area contributed by atoms with Gasteiger partial charge in [-0.25, -0.2) is 22.1 Å². The summed E-state index contributed by atoms with van der Waals surface area (Å²) in [5.41, 5.74) is 9.46. The molecule has 0 amide bonds. The van der Waals surface area contributed by atoms with E-state index in [9.17, 15) is 12.8 Å². The number of rotatable bonds is 8.